The summed E-state index contributed by atoms with van der Waals surface area (Å²) in [5, 5.41) is -0.122. The summed E-state index contributed by atoms with van der Waals surface area (Å²) in [6.07, 6.45) is 2.15. The van der Waals surface area contributed by atoms with Gasteiger partial charge in [0.25, 0.3) is 0 Å². The predicted molar refractivity (Wildman–Crippen MR) is 50.0 cm³/mol. The first-order chi connectivity index (χ1) is 4.54. The Labute approximate surface area is 66.9 Å². The topological polar surface area (TPSA) is 0 Å². The van der Waals surface area contributed by atoms with Crippen LogP contribution in [0, 0.1) is 5.92 Å². The van der Waals surface area contributed by atoms with Crippen LogP contribution in [0.25, 0.3) is 0 Å². The summed E-state index contributed by atoms with van der Waals surface area (Å²) in [4.78, 5) is 0. The van der Waals surface area contributed by atoms with Crippen molar-refractivity contribution >= 4 is 21.3 Å². The van der Waals surface area contributed by atoms with Crippen LogP contribution in [0.1, 0.15) is 33.6 Å². The Morgan fingerprint density at radius 3 is 2.40 bits per heavy atom. The van der Waals surface area contributed by atoms with Gasteiger partial charge in [-0.3, -0.25) is 0 Å². The van der Waals surface area contributed by atoms with Gasteiger partial charge < -0.3 is 0 Å². The summed E-state index contributed by atoms with van der Waals surface area (Å²) in [7, 11) is 11.4. The van der Waals surface area contributed by atoms with Gasteiger partial charge in [-0.1, -0.05) is 0 Å². The summed E-state index contributed by atoms with van der Waals surface area (Å²) in [6, 6.07) is 0. The molecule has 0 aromatic rings. The summed E-state index contributed by atoms with van der Waals surface area (Å²) in [5.41, 5.74) is 0. The molecule has 0 aliphatic rings. The van der Waals surface area contributed by atoms with Gasteiger partial charge in [0.1, 0.15) is 0 Å². The fourth-order valence-corrected chi connectivity index (χ4v) is 0.986. The van der Waals surface area contributed by atoms with E-state index in [0.717, 1.165) is 12.8 Å². The quantitative estimate of drug-likeness (QED) is 0.512. The molecule has 3 radical (unpaired) electrons. The zero-order chi connectivity index (χ0) is 8.20. The normalized spacial score (nSPS) is 19.4. The predicted octanol–water partition coefficient (Wildman–Crippen LogP) is 1.74. The van der Waals surface area contributed by atoms with Crippen molar-refractivity contribution in [3.05, 3.63) is 0 Å². The maximum atomic E-state index is 5.97. The zero-order valence-corrected chi connectivity index (χ0v) is 7.22. The molecular weight excluding hydrogens is 118 g/mol. The van der Waals surface area contributed by atoms with Crippen molar-refractivity contribution in [1.82, 2.24) is 0 Å². The van der Waals surface area contributed by atoms with E-state index in [2.05, 4.69) is 13.8 Å². The molecule has 0 heterocycles. The van der Waals surface area contributed by atoms with Crippen molar-refractivity contribution in [2.75, 3.05) is 0 Å². The molecule has 0 N–H and O–H groups in total. The molecule has 0 aliphatic heterocycles. The van der Waals surface area contributed by atoms with E-state index in [1.165, 1.54) is 0 Å². The van der Waals surface area contributed by atoms with Crippen LogP contribution in [-0.4, -0.2) is 21.3 Å². The number of hydrogen-bond donors (Lipinski definition) is 0. The third kappa shape index (κ3) is 2.72. The Balaban J connectivity index is 3.94. The molecule has 0 saturated heterocycles. The Hall–Kier alpha value is -0.000130. The van der Waals surface area contributed by atoms with Gasteiger partial charge in [-0.15, -0.1) is 0 Å². The first-order valence-electron chi connectivity index (χ1n) is 3.88. The second-order valence-electron chi connectivity index (χ2n) is 3.24. The Morgan fingerprint density at radius 1 is 1.60 bits per heavy atom. The van der Waals surface area contributed by atoms with Crippen molar-refractivity contribution in [3.8, 4) is 0 Å². The van der Waals surface area contributed by atoms with E-state index >= 15 is 0 Å². The summed E-state index contributed by atoms with van der Waals surface area (Å²) >= 11 is 0. The van der Waals surface area contributed by atoms with Gasteiger partial charge in [-0.05, 0) is 0 Å². The molecule has 53 valence electrons. The minimum absolute atomic E-state index is 0.122. The molecule has 0 saturated carbocycles. The fourth-order valence-electron chi connectivity index (χ4n) is 0.986. The zero-order valence-electron chi connectivity index (χ0n) is 7.22. The molecule has 0 spiro atoms. The van der Waals surface area contributed by atoms with E-state index in [9.17, 15) is 0 Å². The molecule has 0 aliphatic carbocycles. The molecule has 0 amide bonds. The van der Waals surface area contributed by atoms with Crippen molar-refractivity contribution < 1.29 is 0 Å². The maximum absolute atomic E-state index is 5.97. The van der Waals surface area contributed by atoms with Gasteiger partial charge in [0.2, 0.25) is 0 Å². The van der Waals surface area contributed by atoms with Crippen LogP contribution >= 0.6 is 0 Å². The third-order valence-electron chi connectivity index (χ3n) is 2.12. The van der Waals surface area contributed by atoms with Crippen LogP contribution in [0.2, 0.25) is 5.31 Å². The first-order valence-corrected chi connectivity index (χ1v) is 3.88. The average molecular weight is 133 g/mol. The number of hydrogen-bond acceptors (Lipinski definition) is 0. The Kier molecular flexibility index (Phi) is 4.00. The molecule has 0 nitrogen and oxygen atoms in total. The second kappa shape index (κ2) is 4.00. The molecule has 0 fully saturated rings. The van der Waals surface area contributed by atoms with Crippen LogP contribution in [0.15, 0.2) is 0 Å². The van der Waals surface area contributed by atoms with Gasteiger partial charge in [0, 0.05) is 0 Å². The van der Waals surface area contributed by atoms with E-state index in [1.54, 1.807) is 5.97 Å². The van der Waals surface area contributed by atoms with E-state index in [0.29, 0.717) is 5.92 Å². The van der Waals surface area contributed by atoms with E-state index in [-0.39, 0.29) is 5.31 Å². The average Bonchev–Trinajstić information content (AvgIpc) is 1.86. The van der Waals surface area contributed by atoms with Crippen LogP contribution in [-0.2, 0) is 0 Å². The van der Waals surface area contributed by atoms with Crippen molar-refractivity contribution in [2.24, 2.45) is 5.92 Å². The van der Waals surface area contributed by atoms with Crippen molar-refractivity contribution in [2.45, 2.75) is 38.9 Å². The fraction of sp³-hybridized carbons (Fsp3) is 0.875. The molecule has 0 aromatic heterocycles. The minimum atomic E-state index is -0.122. The van der Waals surface area contributed by atoms with E-state index < -0.39 is 0 Å². The van der Waals surface area contributed by atoms with E-state index in [1.807, 2.05) is 6.92 Å². The third-order valence-corrected chi connectivity index (χ3v) is 2.12. The molecule has 2 heteroatoms. The van der Waals surface area contributed by atoms with Gasteiger partial charge in [-0.25, -0.2) is 0 Å². The van der Waals surface area contributed by atoms with Gasteiger partial charge in [-0.2, -0.15) is 0 Å². The monoisotopic (exact) mass is 133 g/mol. The van der Waals surface area contributed by atoms with Gasteiger partial charge in [0.05, 0.1) is 0 Å². The first kappa shape index (κ1) is 10.00. The molecule has 0 bridgehead atoms. The van der Waals surface area contributed by atoms with Gasteiger partial charge in [0.15, 0.2) is 0 Å². The molecule has 2 atom stereocenters. The standard InChI is InChI=1S/C8H15B2/c1-4-5-8(3,10)7(2)6-9/h6-7H,4-5H2,1-3H3. The van der Waals surface area contributed by atoms with Gasteiger partial charge >= 0.3 is 66.1 Å². The summed E-state index contributed by atoms with van der Waals surface area (Å²) < 4.78 is 0. The molecule has 2 unspecified atom stereocenters. The molecule has 10 heavy (non-hydrogen) atoms. The van der Waals surface area contributed by atoms with Crippen LogP contribution in [0.3, 0.4) is 0 Å². The van der Waals surface area contributed by atoms with E-state index in [4.69, 9.17) is 15.3 Å². The molecular formula is C8H15B2. The van der Waals surface area contributed by atoms with Crippen LogP contribution in [0.4, 0.5) is 0 Å². The Morgan fingerprint density at radius 2 is 2.10 bits per heavy atom. The number of rotatable bonds is 4. The summed E-state index contributed by atoms with van der Waals surface area (Å²) in [6.45, 7) is 6.23. The van der Waals surface area contributed by atoms with Crippen molar-refractivity contribution in [1.29, 1.82) is 0 Å². The van der Waals surface area contributed by atoms with Crippen molar-refractivity contribution in [3.63, 3.8) is 0 Å². The van der Waals surface area contributed by atoms with Crippen LogP contribution in [0.5, 0.6) is 0 Å². The van der Waals surface area contributed by atoms with Crippen LogP contribution < -0.4 is 0 Å². The molecule has 0 rings (SSSR count). The Bertz CT molecular complexity index is 108. The SMILES string of the molecule is [B]C(C)(CCC)C(C)C=[B]. The second-order valence-corrected chi connectivity index (χ2v) is 3.24. The summed E-state index contributed by atoms with van der Waals surface area (Å²) in [5.74, 6) is 1.97. The molecule has 0 aromatic carbocycles.